The number of nitrogens with one attached hydrogen (secondary N) is 1. The molecule has 0 rings (SSSR count). The highest BCUT2D eigenvalue weighted by atomic mass is 16.5. The molecule has 0 aromatic rings. The first-order chi connectivity index (χ1) is 4.20. The summed E-state index contributed by atoms with van der Waals surface area (Å²) in [7, 11) is 3.64. The maximum absolute atomic E-state index is 5.10. The van der Waals surface area contributed by atoms with Crippen molar-refractivity contribution in [1.29, 1.82) is 0 Å². The zero-order valence-corrected chi connectivity index (χ0v) is 6.77. The van der Waals surface area contributed by atoms with Crippen molar-refractivity contribution >= 4 is 0 Å². The first-order valence-electron chi connectivity index (χ1n) is 3.40. The summed E-state index contributed by atoms with van der Waals surface area (Å²) < 4.78 is 5.10. The lowest BCUT2D eigenvalue weighted by Crippen LogP contribution is -2.28. The van der Waals surface area contributed by atoms with Crippen LogP contribution in [0.2, 0.25) is 0 Å². The van der Waals surface area contributed by atoms with Crippen LogP contribution in [0.3, 0.4) is 0 Å². The highest BCUT2D eigenvalue weighted by Crippen LogP contribution is 2.03. The van der Waals surface area contributed by atoms with Crippen LogP contribution in [0.25, 0.3) is 0 Å². The van der Waals surface area contributed by atoms with Gasteiger partial charge in [0.2, 0.25) is 0 Å². The van der Waals surface area contributed by atoms with E-state index in [2.05, 4.69) is 19.2 Å². The molecule has 0 amide bonds. The van der Waals surface area contributed by atoms with E-state index in [9.17, 15) is 0 Å². The Balaban J connectivity index is 3.31. The molecule has 0 aliphatic heterocycles. The molecule has 0 radical (unpaired) electrons. The third-order valence-corrected chi connectivity index (χ3v) is 1.29. The highest BCUT2D eigenvalue weighted by Gasteiger charge is 2.04. The van der Waals surface area contributed by atoms with E-state index < -0.39 is 0 Å². The topological polar surface area (TPSA) is 21.3 Å². The van der Waals surface area contributed by atoms with Crippen LogP contribution in [0.5, 0.6) is 0 Å². The largest absolute Gasteiger partial charge is 0.367 e. The first kappa shape index (κ1) is 8.92. The van der Waals surface area contributed by atoms with E-state index in [0.717, 1.165) is 6.42 Å². The molecule has 1 N–H and O–H groups in total. The Kier molecular flexibility index (Phi) is 4.72. The lowest BCUT2D eigenvalue weighted by Gasteiger charge is -2.15. The molecular weight excluding hydrogens is 114 g/mol. The van der Waals surface area contributed by atoms with Crippen LogP contribution in [-0.4, -0.2) is 20.4 Å². The van der Waals surface area contributed by atoms with Gasteiger partial charge in [-0.2, -0.15) is 0 Å². The van der Waals surface area contributed by atoms with Gasteiger partial charge in [-0.3, -0.25) is 5.32 Å². The Bertz CT molecular complexity index is 59.9. The fourth-order valence-corrected chi connectivity index (χ4v) is 0.760. The van der Waals surface area contributed by atoms with Crippen molar-refractivity contribution < 1.29 is 4.74 Å². The van der Waals surface area contributed by atoms with Crippen LogP contribution in [0, 0.1) is 5.92 Å². The first-order valence-corrected chi connectivity index (χ1v) is 3.40. The molecule has 0 heterocycles. The van der Waals surface area contributed by atoms with E-state index in [0.29, 0.717) is 5.92 Å². The lowest BCUT2D eigenvalue weighted by atomic mass is 10.1. The second-order valence-corrected chi connectivity index (χ2v) is 2.64. The summed E-state index contributed by atoms with van der Waals surface area (Å²) in [5.41, 5.74) is 0. The number of methoxy groups -OCH3 is 1. The van der Waals surface area contributed by atoms with Gasteiger partial charge in [-0.25, -0.2) is 0 Å². The molecule has 56 valence electrons. The van der Waals surface area contributed by atoms with E-state index >= 15 is 0 Å². The van der Waals surface area contributed by atoms with Gasteiger partial charge in [-0.05, 0) is 19.4 Å². The molecule has 0 saturated heterocycles. The van der Waals surface area contributed by atoms with Crippen LogP contribution in [0.15, 0.2) is 0 Å². The summed E-state index contributed by atoms with van der Waals surface area (Å²) >= 11 is 0. The minimum Gasteiger partial charge on any atom is -0.367 e. The van der Waals surface area contributed by atoms with Crippen LogP contribution < -0.4 is 5.32 Å². The van der Waals surface area contributed by atoms with Gasteiger partial charge in [0.1, 0.15) is 6.23 Å². The zero-order valence-electron chi connectivity index (χ0n) is 6.77. The Labute approximate surface area is 57.6 Å². The molecule has 0 saturated carbocycles. The fourth-order valence-electron chi connectivity index (χ4n) is 0.760. The molecular formula is C7H17NO. The monoisotopic (exact) mass is 131 g/mol. The van der Waals surface area contributed by atoms with Gasteiger partial charge < -0.3 is 4.74 Å². The summed E-state index contributed by atoms with van der Waals surface area (Å²) in [4.78, 5) is 0. The van der Waals surface area contributed by atoms with Gasteiger partial charge in [0.25, 0.3) is 0 Å². The van der Waals surface area contributed by atoms with Gasteiger partial charge in [0, 0.05) is 7.11 Å². The van der Waals surface area contributed by atoms with Crippen molar-refractivity contribution in [3.05, 3.63) is 0 Å². The normalized spacial score (nSPS) is 14.3. The van der Waals surface area contributed by atoms with Crippen LogP contribution in [-0.2, 0) is 4.74 Å². The van der Waals surface area contributed by atoms with E-state index in [1.807, 2.05) is 7.05 Å². The van der Waals surface area contributed by atoms with Gasteiger partial charge >= 0.3 is 0 Å². The van der Waals surface area contributed by atoms with Crippen LogP contribution in [0.1, 0.15) is 20.3 Å². The third kappa shape index (κ3) is 4.43. The quantitative estimate of drug-likeness (QED) is 0.579. The Hall–Kier alpha value is -0.0800. The Morgan fingerprint density at radius 3 is 2.11 bits per heavy atom. The average molecular weight is 131 g/mol. The number of rotatable bonds is 4. The van der Waals surface area contributed by atoms with Crippen molar-refractivity contribution in [2.75, 3.05) is 14.2 Å². The number of hydrogen-bond donors (Lipinski definition) is 1. The maximum atomic E-state index is 5.10. The van der Waals surface area contributed by atoms with Crippen molar-refractivity contribution in [2.24, 2.45) is 5.92 Å². The molecule has 1 unspecified atom stereocenters. The zero-order chi connectivity index (χ0) is 7.28. The SMILES string of the molecule is CNC(CC(C)C)OC. The molecule has 0 aromatic heterocycles. The molecule has 0 aromatic carbocycles. The predicted octanol–water partition coefficient (Wildman–Crippen LogP) is 1.22. The second kappa shape index (κ2) is 4.77. The number of hydrogen-bond acceptors (Lipinski definition) is 2. The molecule has 0 aliphatic carbocycles. The highest BCUT2D eigenvalue weighted by molar-refractivity contribution is 4.53. The minimum absolute atomic E-state index is 0.227. The summed E-state index contributed by atoms with van der Waals surface area (Å²) in [5.74, 6) is 0.697. The lowest BCUT2D eigenvalue weighted by molar-refractivity contribution is 0.0634. The van der Waals surface area contributed by atoms with Gasteiger partial charge in [-0.15, -0.1) is 0 Å². The minimum atomic E-state index is 0.227. The van der Waals surface area contributed by atoms with Gasteiger partial charge in [0.15, 0.2) is 0 Å². The molecule has 9 heavy (non-hydrogen) atoms. The van der Waals surface area contributed by atoms with Crippen molar-refractivity contribution in [1.82, 2.24) is 5.32 Å². The average Bonchev–Trinajstić information content (AvgIpc) is 1.82. The van der Waals surface area contributed by atoms with E-state index in [-0.39, 0.29) is 6.23 Å². The fraction of sp³-hybridized carbons (Fsp3) is 1.00. The second-order valence-electron chi connectivity index (χ2n) is 2.64. The predicted molar refractivity (Wildman–Crippen MR) is 39.3 cm³/mol. The summed E-state index contributed by atoms with van der Waals surface area (Å²) in [6.07, 6.45) is 1.30. The molecule has 2 nitrogen and oxygen atoms in total. The third-order valence-electron chi connectivity index (χ3n) is 1.29. The van der Waals surface area contributed by atoms with Crippen molar-refractivity contribution in [3.8, 4) is 0 Å². The molecule has 0 fully saturated rings. The van der Waals surface area contributed by atoms with Crippen LogP contribution in [0.4, 0.5) is 0 Å². The van der Waals surface area contributed by atoms with Crippen molar-refractivity contribution in [2.45, 2.75) is 26.5 Å². The molecule has 0 spiro atoms. The van der Waals surface area contributed by atoms with Gasteiger partial charge in [0.05, 0.1) is 0 Å². The number of ether oxygens (including phenoxy) is 1. The smallest absolute Gasteiger partial charge is 0.107 e. The summed E-state index contributed by atoms with van der Waals surface area (Å²) in [6, 6.07) is 0. The molecule has 1 atom stereocenters. The molecule has 2 heteroatoms. The Morgan fingerprint density at radius 2 is 2.00 bits per heavy atom. The summed E-state index contributed by atoms with van der Waals surface area (Å²) in [5, 5.41) is 3.06. The van der Waals surface area contributed by atoms with E-state index in [1.54, 1.807) is 7.11 Å². The van der Waals surface area contributed by atoms with E-state index in [1.165, 1.54) is 0 Å². The van der Waals surface area contributed by atoms with E-state index in [4.69, 9.17) is 4.74 Å². The van der Waals surface area contributed by atoms with Crippen molar-refractivity contribution in [3.63, 3.8) is 0 Å². The standard InChI is InChI=1S/C7H17NO/c1-6(2)5-7(8-3)9-4/h6-8H,5H2,1-4H3. The maximum Gasteiger partial charge on any atom is 0.107 e. The molecule has 0 aliphatic rings. The van der Waals surface area contributed by atoms with Gasteiger partial charge in [-0.1, -0.05) is 13.8 Å². The molecule has 0 bridgehead atoms. The summed E-state index contributed by atoms with van der Waals surface area (Å²) in [6.45, 7) is 4.37. The Morgan fingerprint density at radius 1 is 1.44 bits per heavy atom. The van der Waals surface area contributed by atoms with Crippen LogP contribution >= 0.6 is 0 Å².